The number of amides is 1. The van der Waals surface area contributed by atoms with Crippen LogP contribution in [0.4, 0.5) is 4.79 Å². The van der Waals surface area contributed by atoms with Gasteiger partial charge in [0, 0.05) is 0 Å². The average Bonchev–Trinajstić information content (AvgIpc) is 3.00. The van der Waals surface area contributed by atoms with E-state index in [4.69, 9.17) is 9.84 Å². The van der Waals surface area contributed by atoms with Crippen LogP contribution in [0.3, 0.4) is 0 Å². The van der Waals surface area contributed by atoms with Gasteiger partial charge < -0.3 is 15.2 Å². The molecule has 2 N–H and O–H groups in total. The number of ether oxygens (including phenoxy) is 1. The van der Waals surface area contributed by atoms with Crippen LogP contribution in [0.25, 0.3) is 0 Å². The van der Waals surface area contributed by atoms with E-state index in [0.29, 0.717) is 6.42 Å². The minimum absolute atomic E-state index is 0.0562. The number of carbonyl (C=O) groups excluding carboxylic acids is 1. The highest BCUT2D eigenvalue weighted by Crippen LogP contribution is 2.43. The van der Waals surface area contributed by atoms with Gasteiger partial charge in [-0.15, -0.1) is 0 Å². The fourth-order valence-corrected chi connectivity index (χ4v) is 1.89. The molecular formula is C13H15NO4. The highest BCUT2D eigenvalue weighted by molar-refractivity contribution is 5.88. The number of carbonyl (C=O) groups is 2. The molecule has 0 heterocycles. The van der Waals surface area contributed by atoms with Crippen molar-refractivity contribution in [2.24, 2.45) is 5.92 Å². The normalized spacial score (nSPS) is 25.3. The van der Waals surface area contributed by atoms with Gasteiger partial charge in [-0.05, 0) is 17.9 Å². The first-order chi connectivity index (χ1) is 8.54. The van der Waals surface area contributed by atoms with Crippen LogP contribution in [0.2, 0.25) is 0 Å². The summed E-state index contributed by atoms with van der Waals surface area (Å²) < 4.78 is 4.99. The van der Waals surface area contributed by atoms with Crippen LogP contribution in [-0.4, -0.2) is 22.7 Å². The molecule has 0 spiro atoms. The first kappa shape index (κ1) is 12.4. The number of benzene rings is 1. The summed E-state index contributed by atoms with van der Waals surface area (Å²) in [6.07, 6.45) is -0.242. The minimum atomic E-state index is -1.13. The largest absolute Gasteiger partial charge is 0.479 e. The van der Waals surface area contributed by atoms with E-state index >= 15 is 0 Å². The van der Waals surface area contributed by atoms with Gasteiger partial charge in [-0.25, -0.2) is 9.59 Å². The van der Waals surface area contributed by atoms with Crippen molar-refractivity contribution in [3.05, 3.63) is 35.9 Å². The smallest absolute Gasteiger partial charge is 0.408 e. The zero-order valence-electron chi connectivity index (χ0n) is 10.1. The van der Waals surface area contributed by atoms with Crippen molar-refractivity contribution in [3.8, 4) is 0 Å². The van der Waals surface area contributed by atoms with Crippen molar-refractivity contribution in [3.63, 3.8) is 0 Å². The monoisotopic (exact) mass is 249 g/mol. The minimum Gasteiger partial charge on any atom is -0.479 e. The van der Waals surface area contributed by atoms with Crippen molar-refractivity contribution in [1.82, 2.24) is 5.32 Å². The lowest BCUT2D eigenvalue weighted by molar-refractivity contribution is -0.141. The Morgan fingerprint density at radius 1 is 1.44 bits per heavy atom. The maximum absolute atomic E-state index is 11.5. The van der Waals surface area contributed by atoms with Crippen LogP contribution in [0, 0.1) is 5.92 Å². The van der Waals surface area contributed by atoms with Gasteiger partial charge in [0.25, 0.3) is 0 Å². The predicted molar refractivity (Wildman–Crippen MR) is 63.9 cm³/mol. The van der Waals surface area contributed by atoms with E-state index in [1.807, 2.05) is 30.3 Å². The fraction of sp³-hybridized carbons (Fsp3) is 0.385. The average molecular weight is 249 g/mol. The van der Waals surface area contributed by atoms with E-state index in [2.05, 4.69) is 5.32 Å². The molecule has 1 aliphatic rings. The quantitative estimate of drug-likeness (QED) is 0.852. The number of carboxylic acid groups (broad SMARTS) is 1. The third kappa shape index (κ3) is 2.45. The number of nitrogens with one attached hydrogen (secondary N) is 1. The number of carboxylic acids is 1. The second-order valence-electron chi connectivity index (χ2n) is 4.57. The first-order valence-electron chi connectivity index (χ1n) is 5.77. The molecule has 1 aromatic rings. The topological polar surface area (TPSA) is 75.6 Å². The van der Waals surface area contributed by atoms with Gasteiger partial charge >= 0.3 is 12.1 Å². The Balaban J connectivity index is 1.85. The van der Waals surface area contributed by atoms with Crippen molar-refractivity contribution < 1.29 is 19.4 Å². The van der Waals surface area contributed by atoms with E-state index in [-0.39, 0.29) is 12.5 Å². The summed E-state index contributed by atoms with van der Waals surface area (Å²) >= 11 is 0. The fourth-order valence-electron chi connectivity index (χ4n) is 1.89. The van der Waals surface area contributed by atoms with Gasteiger partial charge in [-0.3, -0.25) is 0 Å². The highest BCUT2D eigenvalue weighted by atomic mass is 16.5. The second-order valence-corrected chi connectivity index (χ2v) is 4.57. The van der Waals surface area contributed by atoms with Crippen molar-refractivity contribution in [2.75, 3.05) is 0 Å². The van der Waals surface area contributed by atoms with E-state index in [0.717, 1.165) is 5.56 Å². The molecule has 1 aliphatic carbocycles. The van der Waals surface area contributed by atoms with Gasteiger partial charge in [0.2, 0.25) is 0 Å². The highest BCUT2D eigenvalue weighted by Gasteiger charge is 2.59. The molecule has 2 atom stereocenters. The zero-order chi connectivity index (χ0) is 13.2. The molecule has 0 bridgehead atoms. The Labute approximate surface area is 105 Å². The molecule has 2 rings (SSSR count). The molecule has 0 radical (unpaired) electrons. The lowest BCUT2D eigenvalue weighted by atomic mass is 10.2. The van der Waals surface area contributed by atoms with Crippen molar-refractivity contribution in [1.29, 1.82) is 0 Å². The third-order valence-corrected chi connectivity index (χ3v) is 3.23. The van der Waals surface area contributed by atoms with E-state index in [1.165, 1.54) is 0 Å². The Morgan fingerprint density at radius 2 is 2.06 bits per heavy atom. The molecule has 1 saturated carbocycles. The number of alkyl carbamates (subject to hydrolysis) is 1. The molecule has 18 heavy (non-hydrogen) atoms. The van der Waals surface area contributed by atoms with E-state index in [9.17, 15) is 9.59 Å². The molecule has 96 valence electrons. The molecule has 0 aromatic heterocycles. The maximum Gasteiger partial charge on any atom is 0.408 e. The standard InChI is InChI=1S/C13H15NO4/c1-9-7-13(9,11(15)16)14-12(17)18-8-10-5-3-2-4-6-10/h2-6,9H,7-8H2,1H3,(H,14,17)(H,15,16)/t9-,13+/m1/s1. The van der Waals surface area contributed by atoms with Gasteiger partial charge in [0.05, 0.1) is 0 Å². The number of hydrogen-bond donors (Lipinski definition) is 2. The summed E-state index contributed by atoms with van der Waals surface area (Å²) in [6.45, 7) is 1.92. The summed E-state index contributed by atoms with van der Waals surface area (Å²) in [4.78, 5) is 22.6. The summed E-state index contributed by atoms with van der Waals surface area (Å²) in [6, 6.07) is 9.23. The molecule has 0 saturated heterocycles. The summed E-state index contributed by atoms with van der Waals surface area (Å²) in [5.74, 6) is -1.06. The summed E-state index contributed by atoms with van der Waals surface area (Å²) in [5, 5.41) is 11.5. The zero-order valence-corrected chi connectivity index (χ0v) is 10.1. The Hall–Kier alpha value is -2.04. The lowest BCUT2D eigenvalue weighted by Crippen LogP contribution is -2.44. The molecule has 0 unspecified atom stereocenters. The maximum atomic E-state index is 11.5. The molecule has 1 fully saturated rings. The van der Waals surface area contributed by atoms with Gasteiger partial charge in [-0.2, -0.15) is 0 Å². The Bertz CT molecular complexity index is 459. The molecule has 1 amide bonds. The summed E-state index contributed by atoms with van der Waals surface area (Å²) in [5.41, 5.74) is -0.269. The van der Waals surface area contributed by atoms with Crippen LogP contribution < -0.4 is 5.32 Å². The molecule has 5 nitrogen and oxygen atoms in total. The number of aliphatic carboxylic acids is 1. The predicted octanol–water partition coefficient (Wildman–Crippen LogP) is 1.78. The molecule has 5 heteroatoms. The third-order valence-electron chi connectivity index (χ3n) is 3.23. The van der Waals surface area contributed by atoms with Crippen molar-refractivity contribution in [2.45, 2.75) is 25.5 Å². The Kier molecular flexibility index (Phi) is 3.23. The molecule has 0 aliphatic heterocycles. The number of rotatable bonds is 4. The number of hydrogen-bond acceptors (Lipinski definition) is 3. The van der Waals surface area contributed by atoms with Crippen LogP contribution in [0.5, 0.6) is 0 Å². The Morgan fingerprint density at radius 3 is 2.56 bits per heavy atom. The molecular weight excluding hydrogens is 234 g/mol. The van der Waals surface area contributed by atoms with Crippen LogP contribution in [-0.2, 0) is 16.1 Å². The SMILES string of the molecule is C[C@@H]1C[C@@]1(NC(=O)OCc1ccccc1)C(=O)O. The first-order valence-corrected chi connectivity index (χ1v) is 5.77. The van der Waals surface area contributed by atoms with Gasteiger partial charge in [0.15, 0.2) is 0 Å². The second kappa shape index (κ2) is 4.68. The van der Waals surface area contributed by atoms with Gasteiger partial charge in [0.1, 0.15) is 12.1 Å². The van der Waals surface area contributed by atoms with Gasteiger partial charge in [-0.1, -0.05) is 37.3 Å². The van der Waals surface area contributed by atoms with E-state index in [1.54, 1.807) is 6.92 Å². The van der Waals surface area contributed by atoms with Crippen molar-refractivity contribution >= 4 is 12.1 Å². The van der Waals surface area contributed by atoms with Crippen LogP contribution in [0.15, 0.2) is 30.3 Å². The van der Waals surface area contributed by atoms with Crippen LogP contribution in [0.1, 0.15) is 18.9 Å². The molecule has 1 aromatic carbocycles. The lowest BCUT2D eigenvalue weighted by Gasteiger charge is -2.13. The van der Waals surface area contributed by atoms with Crippen LogP contribution >= 0.6 is 0 Å². The van der Waals surface area contributed by atoms with E-state index < -0.39 is 17.6 Å². The summed E-state index contributed by atoms with van der Waals surface area (Å²) in [7, 11) is 0.